The van der Waals surface area contributed by atoms with Gasteiger partial charge in [0.2, 0.25) is 5.13 Å². The molecule has 0 saturated carbocycles. The molecule has 1 aromatic carbocycles. The molecule has 0 amide bonds. The highest BCUT2D eigenvalue weighted by molar-refractivity contribution is 9.10. The maximum absolute atomic E-state index is 12.2. The first kappa shape index (κ1) is 17.0. The van der Waals surface area contributed by atoms with Gasteiger partial charge in [0.25, 0.3) is 0 Å². The molecule has 5 nitrogen and oxygen atoms in total. The van der Waals surface area contributed by atoms with Crippen LogP contribution in [-0.4, -0.2) is 35.4 Å². The van der Waals surface area contributed by atoms with Crippen LogP contribution in [-0.2, 0) is 0 Å². The zero-order chi connectivity index (χ0) is 15.9. The Hall–Kier alpha value is -1.38. The van der Waals surface area contributed by atoms with E-state index in [1.54, 1.807) is 37.1 Å². The second kappa shape index (κ2) is 8.30. The fourth-order valence-electron chi connectivity index (χ4n) is 1.57. The van der Waals surface area contributed by atoms with Crippen molar-refractivity contribution in [1.82, 2.24) is 10.2 Å². The number of benzene rings is 1. The number of aromatic nitrogens is 2. The number of ether oxygens (including phenoxy) is 1. The van der Waals surface area contributed by atoms with Crippen LogP contribution in [0.1, 0.15) is 10.4 Å². The van der Waals surface area contributed by atoms with Crippen LogP contribution in [0.5, 0.6) is 5.75 Å². The molecule has 0 unspecified atom stereocenters. The number of rotatable bonds is 8. The topological polar surface area (TPSA) is 64.1 Å². The van der Waals surface area contributed by atoms with E-state index in [-0.39, 0.29) is 12.3 Å². The van der Waals surface area contributed by atoms with Crippen molar-refractivity contribution in [3.63, 3.8) is 0 Å². The largest absolute Gasteiger partial charge is 0.496 e. The summed E-state index contributed by atoms with van der Waals surface area (Å²) in [5, 5.41) is 11.7. The van der Waals surface area contributed by atoms with Gasteiger partial charge >= 0.3 is 0 Å². The van der Waals surface area contributed by atoms with Gasteiger partial charge in [-0.3, -0.25) is 4.79 Å². The van der Waals surface area contributed by atoms with Gasteiger partial charge < -0.3 is 10.1 Å². The maximum Gasteiger partial charge on any atom is 0.206 e. The van der Waals surface area contributed by atoms with Gasteiger partial charge in [-0.2, -0.15) is 0 Å². The van der Waals surface area contributed by atoms with Gasteiger partial charge in [0, 0.05) is 11.3 Å². The van der Waals surface area contributed by atoms with Crippen molar-refractivity contribution in [2.45, 2.75) is 4.34 Å². The first-order valence-corrected chi connectivity index (χ1v) is 8.91. The third kappa shape index (κ3) is 4.56. The lowest BCUT2D eigenvalue weighted by Gasteiger charge is -2.06. The summed E-state index contributed by atoms with van der Waals surface area (Å²) in [6.07, 6.45) is 1.81. The van der Waals surface area contributed by atoms with Crippen molar-refractivity contribution < 1.29 is 9.53 Å². The number of nitrogens with zero attached hydrogens (tertiary/aromatic N) is 2. The fourth-order valence-corrected chi connectivity index (χ4v) is 3.62. The Morgan fingerprint density at radius 3 is 3.05 bits per heavy atom. The van der Waals surface area contributed by atoms with Gasteiger partial charge in [-0.15, -0.1) is 16.8 Å². The highest BCUT2D eigenvalue weighted by Gasteiger charge is 2.10. The molecule has 22 heavy (non-hydrogen) atoms. The Labute approximate surface area is 145 Å². The minimum absolute atomic E-state index is 0.0288. The number of nitrogens with one attached hydrogen (secondary N) is 1. The van der Waals surface area contributed by atoms with Crippen LogP contribution in [0.2, 0.25) is 0 Å². The predicted octanol–water partition coefficient (Wildman–Crippen LogP) is 3.88. The number of carbonyl (C=O) groups is 1. The number of thioether (sulfide) groups is 1. The quantitative estimate of drug-likeness (QED) is 0.412. The summed E-state index contributed by atoms with van der Waals surface area (Å²) in [6, 6.07) is 5.24. The molecule has 116 valence electrons. The molecule has 0 fully saturated rings. The first-order valence-electron chi connectivity index (χ1n) is 6.32. The highest BCUT2D eigenvalue weighted by atomic mass is 79.9. The maximum atomic E-state index is 12.2. The van der Waals surface area contributed by atoms with E-state index in [0.717, 1.165) is 14.6 Å². The lowest BCUT2D eigenvalue weighted by atomic mass is 10.1. The lowest BCUT2D eigenvalue weighted by Crippen LogP contribution is -2.13. The molecule has 0 aliphatic heterocycles. The summed E-state index contributed by atoms with van der Waals surface area (Å²) in [7, 11) is 1.58. The fraction of sp³-hybridized carbons (Fsp3) is 0.214. The molecule has 0 atom stereocenters. The van der Waals surface area contributed by atoms with E-state index in [1.807, 2.05) is 6.08 Å². The Balaban J connectivity index is 1.93. The summed E-state index contributed by atoms with van der Waals surface area (Å²) >= 11 is 6.35. The van der Waals surface area contributed by atoms with Crippen molar-refractivity contribution >= 4 is 49.9 Å². The van der Waals surface area contributed by atoms with Crippen molar-refractivity contribution in [1.29, 1.82) is 0 Å². The van der Waals surface area contributed by atoms with Crippen LogP contribution in [0.25, 0.3) is 0 Å². The SMILES string of the molecule is C=CCSc1nnc(NCC(=O)c2ccc(OC)c(Br)c2)s1. The standard InChI is InChI=1S/C14H14BrN3O2S2/c1-3-6-21-14-18-17-13(22-14)16-8-11(19)9-4-5-12(20-2)10(15)7-9/h3-5,7H,1,6,8H2,2H3,(H,16,17). The smallest absolute Gasteiger partial charge is 0.206 e. The molecule has 0 aliphatic rings. The molecule has 0 spiro atoms. The summed E-state index contributed by atoms with van der Waals surface area (Å²) < 4.78 is 6.74. The number of Topliss-reactive ketones (excluding diaryl/α,β-unsaturated/α-hetero) is 1. The van der Waals surface area contributed by atoms with Crippen molar-refractivity contribution in [2.24, 2.45) is 0 Å². The van der Waals surface area contributed by atoms with Crippen LogP contribution in [0, 0.1) is 0 Å². The molecule has 8 heteroatoms. The molecule has 2 rings (SSSR count). The average Bonchev–Trinajstić information content (AvgIpc) is 2.98. The van der Waals surface area contributed by atoms with Gasteiger partial charge in [0.1, 0.15) is 5.75 Å². The number of methoxy groups -OCH3 is 1. The van der Waals surface area contributed by atoms with E-state index >= 15 is 0 Å². The van der Waals surface area contributed by atoms with E-state index in [0.29, 0.717) is 16.4 Å². The molecule has 0 aliphatic carbocycles. The Bertz CT molecular complexity index is 676. The van der Waals surface area contributed by atoms with Gasteiger partial charge in [-0.25, -0.2) is 0 Å². The third-order valence-electron chi connectivity index (χ3n) is 2.61. The van der Waals surface area contributed by atoms with E-state index in [9.17, 15) is 4.79 Å². The number of halogens is 1. The van der Waals surface area contributed by atoms with Crippen LogP contribution in [0.4, 0.5) is 5.13 Å². The second-order valence-electron chi connectivity index (χ2n) is 4.10. The number of hydrogen-bond acceptors (Lipinski definition) is 7. The normalized spacial score (nSPS) is 10.3. The average molecular weight is 400 g/mol. The zero-order valence-electron chi connectivity index (χ0n) is 11.8. The Kier molecular flexibility index (Phi) is 6.41. The predicted molar refractivity (Wildman–Crippen MR) is 94.3 cm³/mol. The monoisotopic (exact) mass is 399 g/mol. The molecular weight excluding hydrogens is 386 g/mol. The molecule has 2 aromatic rings. The molecule has 0 saturated heterocycles. The summed E-state index contributed by atoms with van der Waals surface area (Å²) in [6.45, 7) is 3.82. The lowest BCUT2D eigenvalue weighted by molar-refractivity contribution is 0.101. The highest BCUT2D eigenvalue weighted by Crippen LogP contribution is 2.27. The number of hydrogen-bond donors (Lipinski definition) is 1. The number of carbonyl (C=O) groups excluding carboxylic acids is 1. The van der Waals surface area contributed by atoms with Gasteiger partial charge in [-0.1, -0.05) is 29.2 Å². The first-order chi connectivity index (χ1) is 10.6. The van der Waals surface area contributed by atoms with E-state index in [2.05, 4.69) is 38.0 Å². The van der Waals surface area contributed by atoms with Crippen LogP contribution in [0.15, 0.2) is 39.7 Å². The van der Waals surface area contributed by atoms with Crippen LogP contribution >= 0.6 is 39.0 Å². The molecule has 0 radical (unpaired) electrons. The van der Waals surface area contributed by atoms with Gasteiger partial charge in [0.05, 0.1) is 18.1 Å². The third-order valence-corrected chi connectivity index (χ3v) is 5.23. The Morgan fingerprint density at radius 2 is 2.36 bits per heavy atom. The molecule has 1 heterocycles. The van der Waals surface area contributed by atoms with Crippen molar-refractivity contribution in [3.8, 4) is 5.75 Å². The summed E-state index contributed by atoms with van der Waals surface area (Å²) in [5.74, 6) is 1.45. The zero-order valence-corrected chi connectivity index (χ0v) is 15.1. The van der Waals surface area contributed by atoms with Gasteiger partial charge in [0.15, 0.2) is 10.1 Å². The summed E-state index contributed by atoms with van der Waals surface area (Å²) in [5.41, 5.74) is 0.603. The molecule has 0 bridgehead atoms. The number of anilines is 1. The molecule has 1 aromatic heterocycles. The van der Waals surface area contributed by atoms with E-state index < -0.39 is 0 Å². The minimum atomic E-state index is -0.0288. The van der Waals surface area contributed by atoms with Crippen molar-refractivity contribution in [2.75, 3.05) is 24.7 Å². The second-order valence-corrected chi connectivity index (χ2v) is 7.20. The van der Waals surface area contributed by atoms with Crippen LogP contribution in [0.3, 0.4) is 0 Å². The molecular formula is C14H14BrN3O2S2. The Morgan fingerprint density at radius 1 is 1.55 bits per heavy atom. The minimum Gasteiger partial charge on any atom is -0.496 e. The van der Waals surface area contributed by atoms with Crippen molar-refractivity contribution in [3.05, 3.63) is 40.9 Å². The number of ketones is 1. The van der Waals surface area contributed by atoms with E-state index in [4.69, 9.17) is 4.74 Å². The van der Waals surface area contributed by atoms with Gasteiger partial charge in [-0.05, 0) is 34.1 Å². The summed E-state index contributed by atoms with van der Waals surface area (Å²) in [4.78, 5) is 12.2. The van der Waals surface area contributed by atoms with E-state index in [1.165, 1.54) is 11.3 Å². The van der Waals surface area contributed by atoms with Crippen LogP contribution < -0.4 is 10.1 Å². The molecule has 1 N–H and O–H groups in total.